The summed E-state index contributed by atoms with van der Waals surface area (Å²) in [5.74, 6) is -0.304. The lowest BCUT2D eigenvalue weighted by molar-refractivity contribution is -0.0498. The SMILES string of the molecule is O=S(=O)(Nc1ccc(-c2csnn2)cc1)c1ccc(OC(F)F)c(Cl)c1. The number of benzene rings is 2. The second-order valence-corrected chi connectivity index (χ2v) is 7.64. The van der Waals surface area contributed by atoms with Gasteiger partial charge in [-0.2, -0.15) is 8.78 Å². The van der Waals surface area contributed by atoms with E-state index in [1.807, 2.05) is 0 Å². The van der Waals surface area contributed by atoms with Gasteiger partial charge < -0.3 is 4.74 Å². The normalized spacial score (nSPS) is 11.5. The average Bonchev–Trinajstić information content (AvgIpc) is 3.11. The van der Waals surface area contributed by atoms with Gasteiger partial charge in [0.15, 0.2) is 0 Å². The van der Waals surface area contributed by atoms with Crippen molar-refractivity contribution in [1.29, 1.82) is 0 Å². The quantitative estimate of drug-likeness (QED) is 0.648. The molecule has 136 valence electrons. The van der Waals surface area contributed by atoms with Crippen LogP contribution in [0.3, 0.4) is 0 Å². The van der Waals surface area contributed by atoms with Crippen molar-refractivity contribution in [3.8, 4) is 17.0 Å². The first-order valence-electron chi connectivity index (χ1n) is 7.00. The Balaban J connectivity index is 1.79. The van der Waals surface area contributed by atoms with Gasteiger partial charge in [0, 0.05) is 16.6 Å². The Morgan fingerprint density at radius 1 is 1.15 bits per heavy atom. The Morgan fingerprint density at radius 3 is 2.46 bits per heavy atom. The third-order valence-corrected chi connectivity index (χ3v) is 5.40. The predicted molar refractivity (Wildman–Crippen MR) is 94.2 cm³/mol. The molecule has 0 saturated heterocycles. The molecule has 1 aromatic heterocycles. The number of nitrogens with zero attached hydrogens (tertiary/aromatic N) is 2. The van der Waals surface area contributed by atoms with Gasteiger partial charge in [-0.05, 0) is 41.9 Å². The van der Waals surface area contributed by atoms with E-state index in [1.165, 1.54) is 11.5 Å². The number of halogens is 3. The van der Waals surface area contributed by atoms with Crippen LogP contribution in [0.1, 0.15) is 0 Å². The highest BCUT2D eigenvalue weighted by atomic mass is 35.5. The van der Waals surface area contributed by atoms with E-state index in [0.29, 0.717) is 11.4 Å². The lowest BCUT2D eigenvalue weighted by Gasteiger charge is -2.11. The Kier molecular flexibility index (Phi) is 5.35. The second kappa shape index (κ2) is 7.52. The van der Waals surface area contributed by atoms with Crippen molar-refractivity contribution in [2.24, 2.45) is 0 Å². The van der Waals surface area contributed by atoms with E-state index in [2.05, 4.69) is 19.0 Å². The van der Waals surface area contributed by atoms with Gasteiger partial charge in [-0.3, -0.25) is 4.72 Å². The predicted octanol–water partition coefficient (Wildman–Crippen LogP) is 4.26. The van der Waals surface area contributed by atoms with Crippen LogP contribution in [0.4, 0.5) is 14.5 Å². The number of aromatic nitrogens is 2. The molecule has 1 N–H and O–H groups in total. The zero-order chi connectivity index (χ0) is 18.7. The van der Waals surface area contributed by atoms with Crippen molar-refractivity contribution in [3.63, 3.8) is 0 Å². The summed E-state index contributed by atoms with van der Waals surface area (Å²) >= 11 is 7.01. The molecule has 0 aliphatic rings. The van der Waals surface area contributed by atoms with Crippen LogP contribution >= 0.6 is 23.1 Å². The molecule has 2 aromatic carbocycles. The molecule has 0 spiro atoms. The second-order valence-electron chi connectivity index (χ2n) is 4.94. The molecule has 0 bridgehead atoms. The Labute approximate surface area is 156 Å². The zero-order valence-electron chi connectivity index (χ0n) is 12.8. The molecule has 11 heteroatoms. The minimum atomic E-state index is -3.95. The number of anilines is 1. The van der Waals surface area contributed by atoms with E-state index in [4.69, 9.17) is 11.6 Å². The van der Waals surface area contributed by atoms with Gasteiger partial charge in [0.05, 0.1) is 9.92 Å². The number of rotatable bonds is 6. The lowest BCUT2D eigenvalue weighted by atomic mass is 10.2. The molecule has 1 heterocycles. The van der Waals surface area contributed by atoms with Crippen molar-refractivity contribution >= 4 is 38.8 Å². The Morgan fingerprint density at radius 2 is 1.88 bits per heavy atom. The number of alkyl halides is 2. The molecule has 3 rings (SSSR count). The Bertz CT molecular complexity index is 997. The topological polar surface area (TPSA) is 81.2 Å². The van der Waals surface area contributed by atoms with E-state index < -0.39 is 16.6 Å². The third-order valence-electron chi connectivity index (χ3n) is 3.22. The van der Waals surface area contributed by atoms with E-state index in [9.17, 15) is 17.2 Å². The minimum Gasteiger partial charge on any atom is -0.433 e. The van der Waals surface area contributed by atoms with E-state index in [1.54, 1.807) is 29.6 Å². The molecular formula is C15H10ClF2N3O3S2. The van der Waals surface area contributed by atoms with E-state index in [-0.39, 0.29) is 15.7 Å². The van der Waals surface area contributed by atoms with Crippen molar-refractivity contribution in [2.75, 3.05) is 4.72 Å². The fraction of sp³-hybridized carbons (Fsp3) is 0.0667. The minimum absolute atomic E-state index is 0.183. The van der Waals surface area contributed by atoms with Crippen LogP contribution in [0.15, 0.2) is 52.7 Å². The van der Waals surface area contributed by atoms with Crippen LogP contribution in [0, 0.1) is 0 Å². The summed E-state index contributed by atoms with van der Waals surface area (Å²) in [6.07, 6.45) is 0. The van der Waals surface area contributed by atoms with Crippen LogP contribution in [0.5, 0.6) is 5.75 Å². The maximum atomic E-state index is 12.4. The van der Waals surface area contributed by atoms with E-state index in [0.717, 1.165) is 23.8 Å². The fourth-order valence-corrected chi connectivity index (χ4v) is 3.89. The molecule has 3 aromatic rings. The summed E-state index contributed by atoms with van der Waals surface area (Å²) in [7, 11) is -3.95. The van der Waals surface area contributed by atoms with Crippen LogP contribution < -0.4 is 9.46 Å². The molecule has 0 fully saturated rings. The molecule has 6 nitrogen and oxygen atoms in total. The summed E-state index contributed by atoms with van der Waals surface area (Å²) in [5, 5.41) is 5.46. The highest BCUT2D eigenvalue weighted by Crippen LogP contribution is 2.29. The maximum Gasteiger partial charge on any atom is 0.387 e. The van der Waals surface area contributed by atoms with E-state index >= 15 is 0 Å². The monoisotopic (exact) mass is 417 g/mol. The molecule has 0 saturated carbocycles. The summed E-state index contributed by atoms with van der Waals surface area (Å²) in [6.45, 7) is -3.06. The molecule has 0 aliphatic heterocycles. The molecule has 0 aliphatic carbocycles. The summed E-state index contributed by atoms with van der Waals surface area (Å²) < 4.78 is 59.7. The largest absolute Gasteiger partial charge is 0.433 e. The first kappa shape index (κ1) is 18.5. The molecule has 0 amide bonds. The number of sulfonamides is 1. The van der Waals surface area contributed by atoms with Gasteiger partial charge in [0.1, 0.15) is 11.4 Å². The Hall–Kier alpha value is -2.30. The zero-order valence-corrected chi connectivity index (χ0v) is 15.2. The number of ether oxygens (including phenoxy) is 1. The lowest BCUT2D eigenvalue weighted by Crippen LogP contribution is -2.13. The summed E-state index contributed by atoms with van der Waals surface area (Å²) in [5.41, 5.74) is 1.80. The molecule has 0 unspecified atom stereocenters. The summed E-state index contributed by atoms with van der Waals surface area (Å²) in [4.78, 5) is -0.183. The standard InChI is InChI=1S/C15H10ClF2N3O3S2/c16-12-7-11(5-6-14(12)24-15(17)18)26(22,23)20-10-3-1-9(2-4-10)13-8-25-21-19-13/h1-8,15,20H. The first-order valence-corrected chi connectivity index (χ1v) is 9.69. The van der Waals surface area contributed by atoms with Crippen molar-refractivity contribution in [1.82, 2.24) is 9.59 Å². The number of nitrogens with one attached hydrogen (secondary N) is 1. The average molecular weight is 418 g/mol. The van der Waals surface area contributed by atoms with Crippen LogP contribution in [0.25, 0.3) is 11.3 Å². The molecular weight excluding hydrogens is 408 g/mol. The van der Waals surface area contributed by atoms with Gasteiger partial charge in [0.2, 0.25) is 0 Å². The highest BCUT2D eigenvalue weighted by molar-refractivity contribution is 7.92. The highest BCUT2D eigenvalue weighted by Gasteiger charge is 2.18. The van der Waals surface area contributed by atoms with Crippen LogP contribution in [0.2, 0.25) is 5.02 Å². The van der Waals surface area contributed by atoms with Gasteiger partial charge in [-0.15, -0.1) is 5.10 Å². The smallest absolute Gasteiger partial charge is 0.387 e. The molecule has 0 radical (unpaired) electrons. The van der Waals surface area contributed by atoms with Crippen molar-refractivity contribution in [2.45, 2.75) is 11.5 Å². The third kappa shape index (κ3) is 4.26. The summed E-state index contributed by atoms with van der Waals surface area (Å²) in [6, 6.07) is 9.77. The maximum absolute atomic E-state index is 12.4. The van der Waals surface area contributed by atoms with Crippen molar-refractivity contribution in [3.05, 3.63) is 52.9 Å². The first-order chi connectivity index (χ1) is 12.3. The fourth-order valence-electron chi connectivity index (χ4n) is 2.05. The molecule has 26 heavy (non-hydrogen) atoms. The van der Waals surface area contributed by atoms with Gasteiger partial charge in [-0.1, -0.05) is 28.2 Å². The number of hydrogen-bond acceptors (Lipinski definition) is 6. The molecule has 0 atom stereocenters. The van der Waals surface area contributed by atoms with Gasteiger partial charge in [0.25, 0.3) is 10.0 Å². The van der Waals surface area contributed by atoms with Gasteiger partial charge >= 0.3 is 6.61 Å². The van der Waals surface area contributed by atoms with Crippen LogP contribution in [-0.4, -0.2) is 24.6 Å². The van der Waals surface area contributed by atoms with Gasteiger partial charge in [-0.25, -0.2) is 8.42 Å². The van der Waals surface area contributed by atoms with Crippen LogP contribution in [-0.2, 0) is 10.0 Å². The van der Waals surface area contributed by atoms with Crippen molar-refractivity contribution < 1.29 is 21.9 Å². The number of hydrogen-bond donors (Lipinski definition) is 1.